The molecule has 1 heterocycles. The molecule has 0 N–H and O–H groups in total. The Balaban J connectivity index is 1.98. The van der Waals surface area contributed by atoms with E-state index in [0.29, 0.717) is 0 Å². The molecule has 0 radical (unpaired) electrons. The zero-order chi connectivity index (χ0) is 13.5. The molecule has 0 aliphatic heterocycles. The lowest BCUT2D eigenvalue weighted by Crippen LogP contribution is -1.72. The van der Waals surface area contributed by atoms with Crippen LogP contribution < -0.4 is 0 Å². The SMILES string of the molecule is Clc1ccc(-c2cc3c(ccc4ccccc43)o2)cc1. The second-order valence-electron chi connectivity index (χ2n) is 4.82. The number of fused-ring (bicyclic) bond motifs is 3. The van der Waals surface area contributed by atoms with Crippen LogP contribution in [0, 0.1) is 0 Å². The normalized spacial score (nSPS) is 11.2. The molecule has 0 aliphatic rings. The van der Waals surface area contributed by atoms with Crippen LogP contribution in [0.3, 0.4) is 0 Å². The summed E-state index contributed by atoms with van der Waals surface area (Å²) in [5.41, 5.74) is 1.95. The predicted octanol–water partition coefficient (Wildman–Crippen LogP) is 5.91. The van der Waals surface area contributed by atoms with Gasteiger partial charge in [0, 0.05) is 16.0 Å². The molecule has 96 valence electrons. The fraction of sp³-hybridized carbons (Fsp3) is 0. The zero-order valence-electron chi connectivity index (χ0n) is 10.6. The van der Waals surface area contributed by atoms with Gasteiger partial charge in [0.2, 0.25) is 0 Å². The van der Waals surface area contributed by atoms with Crippen molar-refractivity contribution in [2.75, 3.05) is 0 Å². The minimum absolute atomic E-state index is 0.732. The van der Waals surface area contributed by atoms with Crippen molar-refractivity contribution in [3.8, 4) is 11.3 Å². The molecule has 0 atom stereocenters. The minimum Gasteiger partial charge on any atom is -0.456 e. The summed E-state index contributed by atoms with van der Waals surface area (Å²) in [4.78, 5) is 0. The lowest BCUT2D eigenvalue weighted by Gasteiger charge is -1.96. The maximum atomic E-state index is 5.96. The van der Waals surface area contributed by atoms with Crippen LogP contribution >= 0.6 is 11.6 Å². The molecule has 4 rings (SSSR count). The van der Waals surface area contributed by atoms with Crippen molar-refractivity contribution in [3.63, 3.8) is 0 Å². The summed E-state index contributed by atoms with van der Waals surface area (Å²) in [5.74, 6) is 0.869. The van der Waals surface area contributed by atoms with Gasteiger partial charge in [0.15, 0.2) is 0 Å². The summed E-state index contributed by atoms with van der Waals surface area (Å²) in [5, 5.41) is 4.32. The first-order valence-corrected chi connectivity index (χ1v) is 6.86. The first-order valence-electron chi connectivity index (χ1n) is 6.48. The molecule has 3 aromatic carbocycles. The van der Waals surface area contributed by atoms with E-state index in [-0.39, 0.29) is 0 Å². The zero-order valence-corrected chi connectivity index (χ0v) is 11.4. The highest BCUT2D eigenvalue weighted by molar-refractivity contribution is 6.30. The molecule has 4 aromatic rings. The molecule has 20 heavy (non-hydrogen) atoms. The Bertz CT molecular complexity index is 904. The van der Waals surface area contributed by atoms with Gasteiger partial charge in [0.25, 0.3) is 0 Å². The molecular weight excluding hydrogens is 268 g/mol. The molecule has 1 aromatic heterocycles. The van der Waals surface area contributed by atoms with Gasteiger partial charge in [-0.05, 0) is 47.2 Å². The Morgan fingerprint density at radius 2 is 1.55 bits per heavy atom. The highest BCUT2D eigenvalue weighted by atomic mass is 35.5. The standard InChI is InChI=1S/C18H11ClO/c19-14-8-5-13(6-9-14)18-11-16-15-4-2-1-3-12(15)7-10-17(16)20-18/h1-11H. The molecule has 0 saturated carbocycles. The van der Waals surface area contributed by atoms with E-state index in [9.17, 15) is 0 Å². The first-order chi connectivity index (χ1) is 9.81. The minimum atomic E-state index is 0.732. The average Bonchev–Trinajstić information content (AvgIpc) is 2.92. The molecule has 0 aliphatic carbocycles. The summed E-state index contributed by atoms with van der Waals surface area (Å²) in [6, 6.07) is 22.3. The third-order valence-electron chi connectivity index (χ3n) is 3.55. The first kappa shape index (κ1) is 11.6. The Hall–Kier alpha value is -2.25. The highest BCUT2D eigenvalue weighted by Gasteiger charge is 2.08. The van der Waals surface area contributed by atoms with Gasteiger partial charge in [0.05, 0.1) is 0 Å². The number of furan rings is 1. The van der Waals surface area contributed by atoms with Gasteiger partial charge in [-0.1, -0.05) is 41.9 Å². The summed E-state index contributed by atoms with van der Waals surface area (Å²) < 4.78 is 5.96. The van der Waals surface area contributed by atoms with Gasteiger partial charge < -0.3 is 4.42 Å². The van der Waals surface area contributed by atoms with Gasteiger partial charge in [-0.15, -0.1) is 0 Å². The summed E-state index contributed by atoms with van der Waals surface area (Å²) >= 11 is 5.93. The van der Waals surface area contributed by atoms with E-state index in [0.717, 1.165) is 27.3 Å². The Morgan fingerprint density at radius 1 is 0.750 bits per heavy atom. The van der Waals surface area contributed by atoms with Gasteiger partial charge in [0.1, 0.15) is 11.3 Å². The van der Waals surface area contributed by atoms with Crippen LogP contribution in [0.4, 0.5) is 0 Å². The van der Waals surface area contributed by atoms with Gasteiger partial charge >= 0.3 is 0 Å². The van der Waals surface area contributed by atoms with Crippen LogP contribution in [-0.2, 0) is 0 Å². The van der Waals surface area contributed by atoms with Crippen LogP contribution in [0.1, 0.15) is 0 Å². The van der Waals surface area contributed by atoms with Crippen LogP contribution in [0.25, 0.3) is 33.1 Å². The smallest absolute Gasteiger partial charge is 0.135 e. The largest absolute Gasteiger partial charge is 0.456 e. The van der Waals surface area contributed by atoms with Crippen molar-refractivity contribution >= 4 is 33.3 Å². The maximum absolute atomic E-state index is 5.96. The Labute approximate surface area is 121 Å². The van der Waals surface area contributed by atoms with Gasteiger partial charge in [-0.2, -0.15) is 0 Å². The maximum Gasteiger partial charge on any atom is 0.135 e. The molecule has 0 saturated heterocycles. The second kappa shape index (κ2) is 4.39. The van der Waals surface area contributed by atoms with Crippen molar-refractivity contribution in [3.05, 3.63) is 71.8 Å². The highest BCUT2D eigenvalue weighted by Crippen LogP contribution is 2.33. The molecular formula is C18H11ClO. The molecule has 0 amide bonds. The third-order valence-corrected chi connectivity index (χ3v) is 3.81. The summed E-state index contributed by atoms with van der Waals surface area (Å²) in [6.45, 7) is 0. The fourth-order valence-electron chi connectivity index (χ4n) is 2.55. The van der Waals surface area contributed by atoms with Crippen molar-refractivity contribution in [1.29, 1.82) is 0 Å². The quantitative estimate of drug-likeness (QED) is 0.422. The second-order valence-corrected chi connectivity index (χ2v) is 5.25. The van der Waals surface area contributed by atoms with E-state index in [2.05, 4.69) is 30.3 Å². The van der Waals surface area contributed by atoms with Gasteiger partial charge in [-0.3, -0.25) is 0 Å². The number of hydrogen-bond acceptors (Lipinski definition) is 1. The van der Waals surface area contributed by atoms with Crippen molar-refractivity contribution < 1.29 is 4.42 Å². The topological polar surface area (TPSA) is 13.1 Å². The predicted molar refractivity (Wildman–Crippen MR) is 84.2 cm³/mol. The van der Waals surface area contributed by atoms with Crippen LogP contribution in [0.15, 0.2) is 71.1 Å². The molecule has 0 unspecified atom stereocenters. The lowest BCUT2D eigenvalue weighted by atomic mass is 10.1. The average molecular weight is 279 g/mol. The van der Waals surface area contributed by atoms with Crippen LogP contribution in [0.2, 0.25) is 5.02 Å². The number of hydrogen-bond donors (Lipinski definition) is 0. The van der Waals surface area contributed by atoms with Gasteiger partial charge in [-0.25, -0.2) is 0 Å². The Kier molecular flexibility index (Phi) is 2.54. The molecule has 2 heteroatoms. The Morgan fingerprint density at radius 3 is 2.40 bits per heavy atom. The third kappa shape index (κ3) is 1.79. The van der Waals surface area contributed by atoms with E-state index in [4.69, 9.17) is 16.0 Å². The van der Waals surface area contributed by atoms with E-state index in [1.165, 1.54) is 10.8 Å². The number of rotatable bonds is 1. The van der Waals surface area contributed by atoms with E-state index in [1.54, 1.807) is 0 Å². The molecule has 0 fully saturated rings. The fourth-order valence-corrected chi connectivity index (χ4v) is 2.67. The van der Waals surface area contributed by atoms with Crippen molar-refractivity contribution in [2.24, 2.45) is 0 Å². The summed E-state index contributed by atoms with van der Waals surface area (Å²) in [6.07, 6.45) is 0. The molecule has 0 spiro atoms. The lowest BCUT2D eigenvalue weighted by molar-refractivity contribution is 0.632. The van der Waals surface area contributed by atoms with Crippen LogP contribution in [0.5, 0.6) is 0 Å². The van der Waals surface area contributed by atoms with Crippen LogP contribution in [-0.4, -0.2) is 0 Å². The summed E-state index contributed by atoms with van der Waals surface area (Å²) in [7, 11) is 0. The van der Waals surface area contributed by atoms with Crippen molar-refractivity contribution in [2.45, 2.75) is 0 Å². The number of benzene rings is 3. The number of halogens is 1. The monoisotopic (exact) mass is 278 g/mol. The van der Waals surface area contributed by atoms with E-state index in [1.807, 2.05) is 36.4 Å². The molecule has 1 nitrogen and oxygen atoms in total. The molecule has 0 bridgehead atoms. The van der Waals surface area contributed by atoms with Crippen molar-refractivity contribution in [1.82, 2.24) is 0 Å². The van der Waals surface area contributed by atoms with E-state index < -0.39 is 0 Å². The van der Waals surface area contributed by atoms with E-state index >= 15 is 0 Å².